The quantitative estimate of drug-likeness (QED) is 0.391. The minimum absolute atomic E-state index is 0.0195. The molecule has 0 aliphatic carbocycles. The van der Waals surface area contributed by atoms with Gasteiger partial charge in [-0.25, -0.2) is 19.3 Å². The van der Waals surface area contributed by atoms with Gasteiger partial charge in [0.1, 0.15) is 12.0 Å². The third-order valence-electron chi connectivity index (χ3n) is 5.77. The number of ether oxygens (including phenoxy) is 4. The van der Waals surface area contributed by atoms with Crippen molar-refractivity contribution in [2.75, 3.05) is 46.6 Å². The minimum Gasteiger partial charge on any atom is -0.493 e. The normalized spacial score (nSPS) is 14.6. The van der Waals surface area contributed by atoms with Crippen LogP contribution in [0.1, 0.15) is 12.1 Å². The summed E-state index contributed by atoms with van der Waals surface area (Å²) in [4.78, 5) is 18.2. The van der Waals surface area contributed by atoms with E-state index in [4.69, 9.17) is 18.9 Å². The second-order valence-corrected chi connectivity index (χ2v) is 8.11. The number of rotatable bonds is 8. The number of halogens is 1. The molecule has 178 valence electrons. The smallest absolute Gasteiger partial charge is 0.230 e. The number of morpholine rings is 1. The van der Waals surface area contributed by atoms with E-state index in [2.05, 4.69) is 24.8 Å². The Morgan fingerprint density at radius 3 is 2.74 bits per heavy atom. The standard InChI is InChI=1S/C24H26FN5O4/c1-15-10-17-22(25)21(13-26-23(17)29-15)34-24-16-11-19(31-2)20(12-18(16)27-14-28-24)33-7-3-4-30-5-8-32-9-6-30/h10-14H,3-9H2,1-2H3,(H,26,29). The van der Waals surface area contributed by atoms with Gasteiger partial charge in [0.25, 0.3) is 0 Å². The van der Waals surface area contributed by atoms with Crippen molar-refractivity contribution in [1.82, 2.24) is 24.8 Å². The van der Waals surface area contributed by atoms with Crippen molar-refractivity contribution in [3.05, 3.63) is 42.2 Å². The van der Waals surface area contributed by atoms with Gasteiger partial charge >= 0.3 is 0 Å². The molecule has 0 radical (unpaired) electrons. The van der Waals surface area contributed by atoms with Crippen LogP contribution in [0.15, 0.2) is 30.7 Å². The fourth-order valence-corrected chi connectivity index (χ4v) is 4.02. The van der Waals surface area contributed by atoms with Crippen molar-refractivity contribution in [3.8, 4) is 23.1 Å². The maximum Gasteiger partial charge on any atom is 0.230 e. The summed E-state index contributed by atoms with van der Waals surface area (Å²) in [5.74, 6) is 0.782. The molecule has 0 atom stereocenters. The number of benzene rings is 1. The predicted molar refractivity (Wildman–Crippen MR) is 124 cm³/mol. The van der Waals surface area contributed by atoms with E-state index >= 15 is 4.39 Å². The number of nitrogens with one attached hydrogen (secondary N) is 1. The highest BCUT2D eigenvalue weighted by Gasteiger charge is 2.17. The molecule has 1 aromatic carbocycles. The van der Waals surface area contributed by atoms with Crippen molar-refractivity contribution in [3.63, 3.8) is 0 Å². The van der Waals surface area contributed by atoms with Gasteiger partial charge in [0.2, 0.25) is 5.88 Å². The van der Waals surface area contributed by atoms with Gasteiger partial charge in [-0.1, -0.05) is 0 Å². The van der Waals surface area contributed by atoms with Crippen LogP contribution in [-0.4, -0.2) is 71.4 Å². The number of H-pyrrole nitrogens is 1. The zero-order chi connectivity index (χ0) is 23.5. The van der Waals surface area contributed by atoms with E-state index in [1.165, 1.54) is 12.5 Å². The number of aromatic amines is 1. The van der Waals surface area contributed by atoms with Gasteiger partial charge in [-0.15, -0.1) is 0 Å². The molecule has 0 saturated carbocycles. The summed E-state index contributed by atoms with van der Waals surface area (Å²) in [5, 5.41) is 0.934. The molecule has 4 aromatic rings. The molecule has 1 fully saturated rings. The lowest BCUT2D eigenvalue weighted by Crippen LogP contribution is -2.37. The van der Waals surface area contributed by atoms with E-state index in [1.807, 2.05) is 6.92 Å². The molecule has 5 rings (SSSR count). The first-order chi connectivity index (χ1) is 16.6. The molecule has 1 saturated heterocycles. The number of fused-ring (bicyclic) bond motifs is 2. The number of methoxy groups -OCH3 is 1. The van der Waals surface area contributed by atoms with Crippen LogP contribution in [0.4, 0.5) is 4.39 Å². The lowest BCUT2D eigenvalue weighted by molar-refractivity contribution is 0.0357. The Morgan fingerprint density at radius 2 is 1.91 bits per heavy atom. The number of aromatic nitrogens is 4. The molecule has 1 aliphatic heterocycles. The third kappa shape index (κ3) is 4.59. The van der Waals surface area contributed by atoms with E-state index in [-0.39, 0.29) is 11.6 Å². The topological polar surface area (TPSA) is 94.6 Å². The SMILES string of the molecule is COc1cc2c(Oc3cnc4[nH]c(C)cc4c3F)ncnc2cc1OCCCN1CCOCC1. The minimum atomic E-state index is -0.506. The lowest BCUT2D eigenvalue weighted by atomic mass is 10.2. The van der Waals surface area contributed by atoms with Crippen molar-refractivity contribution in [1.29, 1.82) is 0 Å². The molecule has 1 N–H and O–H groups in total. The van der Waals surface area contributed by atoms with E-state index in [0.29, 0.717) is 40.0 Å². The van der Waals surface area contributed by atoms with Crippen molar-refractivity contribution in [2.45, 2.75) is 13.3 Å². The Morgan fingerprint density at radius 1 is 1.06 bits per heavy atom. The lowest BCUT2D eigenvalue weighted by Gasteiger charge is -2.26. The molecule has 1 aliphatic rings. The summed E-state index contributed by atoms with van der Waals surface area (Å²) < 4.78 is 37.7. The fraction of sp³-hybridized carbons (Fsp3) is 0.375. The molecule has 9 nitrogen and oxygen atoms in total. The molecule has 0 unspecified atom stereocenters. The first kappa shape index (κ1) is 22.3. The van der Waals surface area contributed by atoms with Crippen LogP contribution >= 0.6 is 0 Å². The summed E-state index contributed by atoms with van der Waals surface area (Å²) in [6, 6.07) is 5.21. The van der Waals surface area contributed by atoms with Crippen LogP contribution in [0, 0.1) is 12.7 Å². The summed E-state index contributed by atoms with van der Waals surface area (Å²) in [5.41, 5.74) is 1.88. The highest BCUT2D eigenvalue weighted by atomic mass is 19.1. The zero-order valence-electron chi connectivity index (χ0n) is 19.1. The Hall–Kier alpha value is -3.50. The van der Waals surface area contributed by atoms with Crippen molar-refractivity contribution < 1.29 is 23.3 Å². The number of nitrogens with zero attached hydrogens (tertiary/aromatic N) is 4. The molecule has 4 heterocycles. The average Bonchev–Trinajstić information content (AvgIpc) is 3.25. The highest BCUT2D eigenvalue weighted by molar-refractivity contribution is 5.87. The molecule has 34 heavy (non-hydrogen) atoms. The second kappa shape index (κ2) is 9.78. The number of hydrogen-bond donors (Lipinski definition) is 1. The van der Waals surface area contributed by atoms with Gasteiger partial charge in [0.15, 0.2) is 23.1 Å². The van der Waals surface area contributed by atoms with E-state index < -0.39 is 5.82 Å². The second-order valence-electron chi connectivity index (χ2n) is 8.11. The van der Waals surface area contributed by atoms with Crippen LogP contribution < -0.4 is 14.2 Å². The molecule has 0 spiro atoms. The van der Waals surface area contributed by atoms with Gasteiger partial charge in [-0.05, 0) is 25.5 Å². The number of pyridine rings is 1. The number of hydrogen-bond acceptors (Lipinski definition) is 8. The highest BCUT2D eigenvalue weighted by Crippen LogP contribution is 2.37. The molecule has 0 amide bonds. The summed E-state index contributed by atoms with van der Waals surface area (Å²) in [7, 11) is 1.57. The van der Waals surface area contributed by atoms with Gasteiger partial charge < -0.3 is 23.9 Å². The Kier molecular flexibility index (Phi) is 6.41. The van der Waals surface area contributed by atoms with Gasteiger partial charge in [0.05, 0.1) is 49.4 Å². The Labute approximate surface area is 195 Å². The third-order valence-corrected chi connectivity index (χ3v) is 5.77. The molecule has 3 aromatic heterocycles. The van der Waals surface area contributed by atoms with Crippen LogP contribution in [0.3, 0.4) is 0 Å². The first-order valence-corrected chi connectivity index (χ1v) is 11.2. The molecule has 0 bridgehead atoms. The largest absolute Gasteiger partial charge is 0.493 e. The van der Waals surface area contributed by atoms with Crippen LogP contribution in [0.2, 0.25) is 0 Å². The van der Waals surface area contributed by atoms with Crippen LogP contribution in [-0.2, 0) is 4.74 Å². The van der Waals surface area contributed by atoms with E-state index in [1.54, 1.807) is 25.3 Å². The van der Waals surface area contributed by atoms with Crippen LogP contribution in [0.5, 0.6) is 23.1 Å². The summed E-state index contributed by atoms with van der Waals surface area (Å²) in [6.07, 6.45) is 3.59. The van der Waals surface area contributed by atoms with Gasteiger partial charge in [-0.3, -0.25) is 4.90 Å². The first-order valence-electron chi connectivity index (χ1n) is 11.2. The van der Waals surface area contributed by atoms with E-state index in [0.717, 1.165) is 45.0 Å². The molecule has 10 heteroatoms. The Balaban J connectivity index is 1.35. The molecular weight excluding hydrogens is 441 g/mol. The average molecular weight is 468 g/mol. The maximum absolute atomic E-state index is 15.0. The van der Waals surface area contributed by atoms with Crippen LogP contribution in [0.25, 0.3) is 21.9 Å². The van der Waals surface area contributed by atoms with Crippen molar-refractivity contribution in [2.24, 2.45) is 0 Å². The maximum atomic E-state index is 15.0. The molecular formula is C24H26FN5O4. The summed E-state index contributed by atoms with van der Waals surface area (Å²) >= 11 is 0. The van der Waals surface area contributed by atoms with E-state index in [9.17, 15) is 0 Å². The number of aryl methyl sites for hydroxylation is 1. The zero-order valence-corrected chi connectivity index (χ0v) is 19.1. The van der Waals surface area contributed by atoms with Gasteiger partial charge in [-0.2, -0.15) is 0 Å². The van der Waals surface area contributed by atoms with Crippen molar-refractivity contribution >= 4 is 21.9 Å². The predicted octanol–water partition coefficient (Wildman–Crippen LogP) is 3.86. The summed E-state index contributed by atoms with van der Waals surface area (Å²) in [6.45, 7) is 6.79. The Bertz CT molecular complexity index is 1310. The van der Waals surface area contributed by atoms with Gasteiger partial charge in [0, 0.05) is 31.4 Å². The fourth-order valence-electron chi connectivity index (χ4n) is 4.02. The monoisotopic (exact) mass is 467 g/mol.